The molecule has 154 valence electrons. The van der Waals surface area contributed by atoms with Crippen molar-refractivity contribution in [1.82, 2.24) is 14.1 Å². The fourth-order valence-electron chi connectivity index (χ4n) is 3.77. The first-order valence-corrected chi connectivity index (χ1v) is 11.5. The van der Waals surface area contributed by atoms with E-state index in [0.29, 0.717) is 13.1 Å². The highest BCUT2D eigenvalue weighted by atomic mass is 32.2. The van der Waals surface area contributed by atoms with Gasteiger partial charge in [-0.1, -0.05) is 31.0 Å². The van der Waals surface area contributed by atoms with Gasteiger partial charge in [0.1, 0.15) is 0 Å². The number of hydrogen-bond donors (Lipinski definition) is 0. The monoisotopic (exact) mass is 407 g/mol. The zero-order chi connectivity index (χ0) is 20.0. The number of carbonyl (C=O) groups excluding carboxylic acids is 2. The van der Waals surface area contributed by atoms with Crippen LogP contribution in [-0.4, -0.2) is 73.6 Å². The quantitative estimate of drug-likeness (QED) is 0.744. The van der Waals surface area contributed by atoms with Crippen molar-refractivity contribution in [3.8, 4) is 0 Å². The van der Waals surface area contributed by atoms with Crippen molar-refractivity contribution < 1.29 is 18.0 Å². The van der Waals surface area contributed by atoms with E-state index in [9.17, 15) is 18.0 Å². The molecule has 28 heavy (non-hydrogen) atoms. The van der Waals surface area contributed by atoms with Crippen molar-refractivity contribution in [2.24, 2.45) is 0 Å². The maximum absolute atomic E-state index is 12.7. The smallest absolute Gasteiger partial charge is 0.243 e. The Morgan fingerprint density at radius 2 is 1.21 bits per heavy atom. The summed E-state index contributed by atoms with van der Waals surface area (Å²) in [4.78, 5) is 28.6. The zero-order valence-corrected chi connectivity index (χ0v) is 17.1. The number of piperazine rings is 1. The Morgan fingerprint density at radius 3 is 1.75 bits per heavy atom. The molecule has 0 spiro atoms. The number of rotatable bonds is 5. The number of likely N-dealkylation sites (tertiary alicyclic amines) is 1. The summed E-state index contributed by atoms with van der Waals surface area (Å²) in [6, 6.07) is 8.35. The van der Waals surface area contributed by atoms with E-state index in [-0.39, 0.29) is 42.6 Å². The first kappa shape index (κ1) is 20.8. The Morgan fingerprint density at radius 1 is 0.714 bits per heavy atom. The molecule has 0 radical (unpaired) electrons. The summed E-state index contributed by atoms with van der Waals surface area (Å²) in [6.45, 7) is 2.88. The van der Waals surface area contributed by atoms with Crippen molar-refractivity contribution in [2.75, 3.05) is 39.3 Å². The van der Waals surface area contributed by atoms with Crippen LogP contribution in [0.5, 0.6) is 0 Å². The molecule has 2 fully saturated rings. The minimum atomic E-state index is -3.52. The lowest BCUT2D eigenvalue weighted by Gasteiger charge is -2.34. The summed E-state index contributed by atoms with van der Waals surface area (Å²) < 4.78 is 26.7. The average Bonchev–Trinajstić information content (AvgIpc) is 3.02. The fourth-order valence-corrected chi connectivity index (χ4v) is 5.21. The lowest BCUT2D eigenvalue weighted by Crippen LogP contribution is -2.50. The molecule has 0 N–H and O–H groups in total. The molecule has 8 heteroatoms. The van der Waals surface area contributed by atoms with Crippen LogP contribution in [0, 0.1) is 0 Å². The van der Waals surface area contributed by atoms with Gasteiger partial charge < -0.3 is 9.80 Å². The van der Waals surface area contributed by atoms with E-state index in [4.69, 9.17) is 0 Å². The van der Waals surface area contributed by atoms with E-state index in [1.807, 2.05) is 4.90 Å². The molecule has 2 aliphatic rings. The van der Waals surface area contributed by atoms with E-state index < -0.39 is 10.0 Å². The van der Waals surface area contributed by atoms with Crippen LogP contribution in [-0.2, 0) is 19.6 Å². The Bertz CT molecular complexity index is 766. The van der Waals surface area contributed by atoms with Crippen molar-refractivity contribution in [1.29, 1.82) is 0 Å². The number of sulfonamides is 1. The SMILES string of the molecule is O=C(CCC(=O)N1CCN(S(=O)(=O)c2ccccc2)CC1)N1CCCCCC1. The molecule has 0 unspecified atom stereocenters. The van der Waals surface area contributed by atoms with Gasteiger partial charge in [-0.2, -0.15) is 4.31 Å². The van der Waals surface area contributed by atoms with Gasteiger partial charge in [-0.3, -0.25) is 9.59 Å². The number of hydrogen-bond acceptors (Lipinski definition) is 4. The molecule has 0 saturated carbocycles. The van der Waals surface area contributed by atoms with E-state index in [0.717, 1.165) is 25.9 Å². The molecule has 2 heterocycles. The van der Waals surface area contributed by atoms with Crippen LogP contribution in [0.1, 0.15) is 38.5 Å². The van der Waals surface area contributed by atoms with E-state index >= 15 is 0 Å². The van der Waals surface area contributed by atoms with E-state index in [1.54, 1.807) is 35.2 Å². The van der Waals surface area contributed by atoms with Crippen molar-refractivity contribution in [2.45, 2.75) is 43.4 Å². The van der Waals surface area contributed by atoms with Crippen LogP contribution < -0.4 is 0 Å². The summed E-state index contributed by atoms with van der Waals surface area (Å²) in [6.07, 6.45) is 4.84. The van der Waals surface area contributed by atoms with Gasteiger partial charge >= 0.3 is 0 Å². The average molecular weight is 408 g/mol. The third-order valence-corrected chi connectivity index (χ3v) is 7.40. The highest BCUT2D eigenvalue weighted by molar-refractivity contribution is 7.89. The molecular weight excluding hydrogens is 378 g/mol. The molecule has 1 aromatic carbocycles. The highest BCUT2D eigenvalue weighted by Crippen LogP contribution is 2.18. The summed E-state index contributed by atoms with van der Waals surface area (Å²) in [5, 5.41) is 0. The van der Waals surface area contributed by atoms with Gasteiger partial charge in [-0.15, -0.1) is 0 Å². The zero-order valence-electron chi connectivity index (χ0n) is 16.3. The maximum atomic E-state index is 12.7. The second-order valence-electron chi connectivity index (χ2n) is 7.39. The Labute approximate surface area is 167 Å². The van der Waals surface area contributed by atoms with Crippen LogP contribution >= 0.6 is 0 Å². The predicted molar refractivity (Wildman–Crippen MR) is 106 cm³/mol. The summed E-state index contributed by atoms with van der Waals surface area (Å²) in [5.41, 5.74) is 0. The van der Waals surface area contributed by atoms with Crippen LogP contribution in [0.25, 0.3) is 0 Å². The van der Waals surface area contributed by atoms with Gasteiger partial charge in [0.05, 0.1) is 4.90 Å². The van der Waals surface area contributed by atoms with E-state index in [1.165, 1.54) is 17.1 Å². The molecule has 0 aliphatic carbocycles. The van der Waals surface area contributed by atoms with Gasteiger partial charge in [0, 0.05) is 52.1 Å². The molecule has 2 amide bonds. The second kappa shape index (κ2) is 9.52. The van der Waals surface area contributed by atoms with Crippen LogP contribution in [0.3, 0.4) is 0 Å². The highest BCUT2D eigenvalue weighted by Gasteiger charge is 2.30. The van der Waals surface area contributed by atoms with Gasteiger partial charge in [0.25, 0.3) is 0 Å². The third kappa shape index (κ3) is 5.11. The van der Waals surface area contributed by atoms with Gasteiger partial charge in [-0.05, 0) is 25.0 Å². The van der Waals surface area contributed by atoms with E-state index in [2.05, 4.69) is 0 Å². The first-order chi connectivity index (χ1) is 13.5. The van der Waals surface area contributed by atoms with Crippen molar-refractivity contribution in [3.63, 3.8) is 0 Å². The van der Waals surface area contributed by atoms with Gasteiger partial charge in [-0.25, -0.2) is 8.42 Å². The number of carbonyl (C=O) groups is 2. The summed E-state index contributed by atoms with van der Waals surface area (Å²) in [7, 11) is -3.52. The molecule has 2 saturated heterocycles. The lowest BCUT2D eigenvalue weighted by atomic mass is 10.2. The van der Waals surface area contributed by atoms with Crippen LogP contribution in [0.2, 0.25) is 0 Å². The molecular formula is C20H29N3O4S. The Balaban J connectivity index is 1.46. The topological polar surface area (TPSA) is 78.0 Å². The third-order valence-electron chi connectivity index (χ3n) is 5.48. The van der Waals surface area contributed by atoms with Gasteiger partial charge in [0.2, 0.25) is 21.8 Å². The molecule has 0 bridgehead atoms. The lowest BCUT2D eigenvalue weighted by molar-refractivity contribution is -0.137. The number of nitrogens with zero attached hydrogens (tertiary/aromatic N) is 3. The number of amides is 2. The normalized spacial score (nSPS) is 19.3. The molecule has 7 nitrogen and oxygen atoms in total. The van der Waals surface area contributed by atoms with Crippen molar-refractivity contribution in [3.05, 3.63) is 30.3 Å². The summed E-state index contributed by atoms with van der Waals surface area (Å²) >= 11 is 0. The standard InChI is InChI=1S/C20H29N3O4S/c24-19(21-12-6-1-2-7-13-21)10-11-20(25)22-14-16-23(17-15-22)28(26,27)18-8-4-3-5-9-18/h3-5,8-9H,1-2,6-7,10-17H2. The molecule has 0 aromatic heterocycles. The summed E-state index contributed by atoms with van der Waals surface area (Å²) in [5.74, 6) is -0.0135. The van der Waals surface area contributed by atoms with Crippen molar-refractivity contribution >= 4 is 21.8 Å². The Hall–Kier alpha value is -1.93. The second-order valence-corrected chi connectivity index (χ2v) is 9.33. The molecule has 3 rings (SSSR count). The largest absolute Gasteiger partial charge is 0.343 e. The maximum Gasteiger partial charge on any atom is 0.243 e. The molecule has 2 aliphatic heterocycles. The van der Waals surface area contributed by atoms with Gasteiger partial charge in [0.15, 0.2) is 0 Å². The number of benzene rings is 1. The predicted octanol–water partition coefficient (Wildman–Crippen LogP) is 1.70. The Kier molecular flexibility index (Phi) is 7.07. The minimum Gasteiger partial charge on any atom is -0.343 e. The minimum absolute atomic E-state index is 0.0561. The molecule has 0 atom stereocenters. The van der Waals surface area contributed by atoms with Crippen LogP contribution in [0.4, 0.5) is 0 Å². The first-order valence-electron chi connectivity index (χ1n) is 10.1. The fraction of sp³-hybridized carbons (Fsp3) is 0.600. The van der Waals surface area contributed by atoms with Crippen LogP contribution in [0.15, 0.2) is 35.2 Å². The molecule has 1 aromatic rings.